The molecule has 3 N–H and O–H groups in total. The van der Waals surface area contributed by atoms with Gasteiger partial charge in [0.2, 0.25) is 0 Å². The maximum absolute atomic E-state index is 8.88. The van der Waals surface area contributed by atoms with E-state index in [0.29, 0.717) is 12.6 Å². The standard InChI is InChI=1S/C15H23BrN4O/c1-2-17-15(18-8-10-21)19-13-7-9-20(11-13)14-5-3-12(16)4-6-14/h3-6,13,21H,2,7-11H2,1H3,(H2,17,18,19). The summed E-state index contributed by atoms with van der Waals surface area (Å²) in [6, 6.07) is 8.80. The van der Waals surface area contributed by atoms with Crippen LogP contribution in [0.5, 0.6) is 0 Å². The molecule has 0 saturated carbocycles. The van der Waals surface area contributed by atoms with E-state index in [1.54, 1.807) is 0 Å². The van der Waals surface area contributed by atoms with Gasteiger partial charge in [-0.05, 0) is 37.6 Å². The molecule has 0 aromatic heterocycles. The first-order chi connectivity index (χ1) is 10.2. The SMILES string of the molecule is CCNC(=NCCO)NC1CCN(c2ccc(Br)cc2)C1. The summed E-state index contributed by atoms with van der Waals surface area (Å²) >= 11 is 3.46. The van der Waals surface area contributed by atoms with E-state index < -0.39 is 0 Å². The predicted molar refractivity (Wildman–Crippen MR) is 91.0 cm³/mol. The van der Waals surface area contributed by atoms with Crippen molar-refractivity contribution >= 4 is 27.6 Å². The molecule has 0 radical (unpaired) electrons. The van der Waals surface area contributed by atoms with Gasteiger partial charge in [0.1, 0.15) is 0 Å². The summed E-state index contributed by atoms with van der Waals surface area (Å²) in [7, 11) is 0. The van der Waals surface area contributed by atoms with Gasteiger partial charge in [-0.1, -0.05) is 15.9 Å². The van der Waals surface area contributed by atoms with Crippen LogP contribution in [0, 0.1) is 0 Å². The summed E-state index contributed by atoms with van der Waals surface area (Å²) in [5.41, 5.74) is 1.25. The first kappa shape index (κ1) is 16.1. The molecule has 1 saturated heterocycles. The second kappa shape index (κ2) is 8.24. The lowest BCUT2D eigenvalue weighted by Gasteiger charge is -2.20. The molecule has 1 aliphatic rings. The van der Waals surface area contributed by atoms with Crippen molar-refractivity contribution in [2.75, 3.05) is 37.7 Å². The average molecular weight is 355 g/mol. The van der Waals surface area contributed by atoms with E-state index in [4.69, 9.17) is 5.11 Å². The Kier molecular flexibility index (Phi) is 6.32. The first-order valence-corrected chi connectivity index (χ1v) is 8.18. The smallest absolute Gasteiger partial charge is 0.191 e. The number of nitrogens with zero attached hydrogens (tertiary/aromatic N) is 2. The number of benzene rings is 1. The Morgan fingerprint density at radius 2 is 2.19 bits per heavy atom. The van der Waals surface area contributed by atoms with Crippen LogP contribution in [0.25, 0.3) is 0 Å². The number of hydrogen-bond acceptors (Lipinski definition) is 3. The van der Waals surface area contributed by atoms with Crippen molar-refractivity contribution in [3.8, 4) is 0 Å². The van der Waals surface area contributed by atoms with Crippen molar-refractivity contribution in [2.24, 2.45) is 4.99 Å². The van der Waals surface area contributed by atoms with Crippen molar-refractivity contribution in [1.29, 1.82) is 0 Å². The van der Waals surface area contributed by atoms with Crippen molar-refractivity contribution < 1.29 is 5.11 Å². The van der Waals surface area contributed by atoms with Gasteiger partial charge in [-0.3, -0.25) is 4.99 Å². The number of aliphatic hydroxyl groups is 1. The molecule has 0 aliphatic carbocycles. The highest BCUT2D eigenvalue weighted by Crippen LogP contribution is 2.22. The molecule has 0 amide bonds. The highest BCUT2D eigenvalue weighted by Gasteiger charge is 2.23. The van der Waals surface area contributed by atoms with Crippen molar-refractivity contribution in [3.05, 3.63) is 28.7 Å². The molecule has 5 nitrogen and oxygen atoms in total. The molecule has 0 spiro atoms. The van der Waals surface area contributed by atoms with Crippen molar-refractivity contribution in [1.82, 2.24) is 10.6 Å². The third-order valence-electron chi connectivity index (χ3n) is 3.44. The molecule has 1 unspecified atom stereocenters. The molecule has 21 heavy (non-hydrogen) atoms. The number of hydrogen-bond donors (Lipinski definition) is 3. The van der Waals surface area contributed by atoms with Gasteiger partial charge in [0.05, 0.1) is 13.2 Å². The molecule has 1 atom stereocenters. The van der Waals surface area contributed by atoms with Gasteiger partial charge < -0.3 is 20.6 Å². The Bertz CT molecular complexity index is 463. The van der Waals surface area contributed by atoms with E-state index in [9.17, 15) is 0 Å². The topological polar surface area (TPSA) is 59.9 Å². The van der Waals surface area contributed by atoms with E-state index in [2.05, 4.69) is 60.7 Å². The molecule has 1 aliphatic heterocycles. The minimum atomic E-state index is 0.0757. The van der Waals surface area contributed by atoms with E-state index in [1.165, 1.54) is 5.69 Å². The minimum absolute atomic E-state index is 0.0757. The number of anilines is 1. The quantitative estimate of drug-likeness (QED) is 0.554. The van der Waals surface area contributed by atoms with Crippen molar-refractivity contribution in [3.63, 3.8) is 0 Å². The van der Waals surface area contributed by atoms with E-state index in [0.717, 1.165) is 36.5 Å². The largest absolute Gasteiger partial charge is 0.394 e. The van der Waals surface area contributed by atoms with Crippen LogP contribution in [0.1, 0.15) is 13.3 Å². The zero-order valence-corrected chi connectivity index (χ0v) is 13.9. The number of rotatable bonds is 5. The molecular formula is C15H23BrN4O. The maximum atomic E-state index is 8.88. The predicted octanol–water partition coefficient (Wildman–Crippen LogP) is 1.58. The van der Waals surface area contributed by atoms with Crippen LogP contribution in [0.3, 0.4) is 0 Å². The molecule has 0 bridgehead atoms. The minimum Gasteiger partial charge on any atom is -0.394 e. The van der Waals surface area contributed by atoms with Crippen LogP contribution in [0.2, 0.25) is 0 Å². The average Bonchev–Trinajstić information content (AvgIpc) is 2.94. The van der Waals surface area contributed by atoms with Gasteiger partial charge in [0.25, 0.3) is 0 Å². The van der Waals surface area contributed by atoms with Crippen LogP contribution >= 0.6 is 15.9 Å². The highest BCUT2D eigenvalue weighted by molar-refractivity contribution is 9.10. The van der Waals surface area contributed by atoms with Crippen LogP contribution in [-0.2, 0) is 0 Å². The first-order valence-electron chi connectivity index (χ1n) is 7.39. The zero-order chi connectivity index (χ0) is 15.1. The van der Waals surface area contributed by atoms with E-state index in [-0.39, 0.29) is 6.61 Å². The van der Waals surface area contributed by atoms with Crippen LogP contribution in [-0.4, -0.2) is 49.9 Å². The highest BCUT2D eigenvalue weighted by atomic mass is 79.9. The summed E-state index contributed by atoms with van der Waals surface area (Å²) < 4.78 is 1.10. The second-order valence-corrected chi connectivity index (χ2v) is 5.95. The van der Waals surface area contributed by atoms with Gasteiger partial charge in [-0.25, -0.2) is 0 Å². The summed E-state index contributed by atoms with van der Waals surface area (Å²) in [6.45, 7) is 5.37. The van der Waals surface area contributed by atoms with E-state index >= 15 is 0 Å². The van der Waals surface area contributed by atoms with Crippen LogP contribution in [0.4, 0.5) is 5.69 Å². The number of aliphatic hydroxyl groups excluding tert-OH is 1. The van der Waals surface area contributed by atoms with Crippen LogP contribution in [0.15, 0.2) is 33.7 Å². The lowest BCUT2D eigenvalue weighted by Crippen LogP contribution is -2.44. The fourth-order valence-electron chi connectivity index (χ4n) is 2.44. The Labute approximate surface area is 134 Å². The number of nitrogens with one attached hydrogen (secondary N) is 2. The Balaban J connectivity index is 1.90. The molecule has 1 aromatic rings. The summed E-state index contributed by atoms with van der Waals surface area (Å²) in [6.07, 6.45) is 1.08. The lowest BCUT2D eigenvalue weighted by molar-refractivity contribution is 0.306. The normalized spacial score (nSPS) is 18.9. The Morgan fingerprint density at radius 1 is 1.43 bits per heavy atom. The molecule has 116 valence electrons. The monoisotopic (exact) mass is 354 g/mol. The third-order valence-corrected chi connectivity index (χ3v) is 3.96. The fourth-order valence-corrected chi connectivity index (χ4v) is 2.70. The van der Waals surface area contributed by atoms with Crippen LogP contribution < -0.4 is 15.5 Å². The molecule has 1 aromatic carbocycles. The molecule has 1 heterocycles. The number of guanidine groups is 1. The summed E-state index contributed by atoms with van der Waals surface area (Å²) in [5.74, 6) is 0.786. The maximum Gasteiger partial charge on any atom is 0.191 e. The summed E-state index contributed by atoms with van der Waals surface area (Å²) in [5, 5.41) is 15.5. The van der Waals surface area contributed by atoms with Gasteiger partial charge in [0.15, 0.2) is 5.96 Å². The Morgan fingerprint density at radius 3 is 2.86 bits per heavy atom. The van der Waals surface area contributed by atoms with Gasteiger partial charge in [-0.2, -0.15) is 0 Å². The zero-order valence-electron chi connectivity index (χ0n) is 12.3. The van der Waals surface area contributed by atoms with Gasteiger partial charge in [0, 0.05) is 35.8 Å². The molecular weight excluding hydrogens is 332 g/mol. The number of aliphatic imine (C=N–C) groups is 1. The van der Waals surface area contributed by atoms with Gasteiger partial charge in [-0.15, -0.1) is 0 Å². The lowest BCUT2D eigenvalue weighted by atomic mass is 10.3. The summed E-state index contributed by atoms with van der Waals surface area (Å²) in [4.78, 5) is 6.70. The third kappa shape index (κ3) is 4.89. The van der Waals surface area contributed by atoms with Crippen molar-refractivity contribution in [2.45, 2.75) is 19.4 Å². The molecule has 1 fully saturated rings. The number of halogens is 1. The fraction of sp³-hybridized carbons (Fsp3) is 0.533. The molecule has 6 heteroatoms. The van der Waals surface area contributed by atoms with Gasteiger partial charge >= 0.3 is 0 Å². The second-order valence-electron chi connectivity index (χ2n) is 5.04. The molecule has 2 rings (SSSR count). The Hall–Kier alpha value is -1.27. The van der Waals surface area contributed by atoms with E-state index in [1.807, 2.05) is 6.92 Å².